The molecule has 1 aromatic carbocycles. The standard InChI is InChI=1S/C13H15FN2O2/c1-18-12-5-4-11(14)9-10(12)6-8-16-13(17)3-2-7-15/h4-5,9H,2-3,6,8H2,1H3,(H,16,17). The maximum absolute atomic E-state index is 13.1. The number of hydrogen-bond donors (Lipinski definition) is 1. The molecule has 0 fully saturated rings. The van der Waals surface area contributed by atoms with Crippen LogP contribution in [0, 0.1) is 17.1 Å². The molecule has 0 unspecified atom stereocenters. The van der Waals surface area contributed by atoms with E-state index in [1.807, 2.05) is 6.07 Å². The van der Waals surface area contributed by atoms with Gasteiger partial charge in [-0.2, -0.15) is 5.26 Å². The number of amides is 1. The van der Waals surface area contributed by atoms with Gasteiger partial charge >= 0.3 is 0 Å². The summed E-state index contributed by atoms with van der Waals surface area (Å²) in [5, 5.41) is 11.0. The topological polar surface area (TPSA) is 62.1 Å². The molecule has 0 aliphatic rings. The summed E-state index contributed by atoms with van der Waals surface area (Å²) in [6, 6.07) is 6.18. The molecular formula is C13H15FN2O2. The number of nitrogens with one attached hydrogen (secondary N) is 1. The lowest BCUT2D eigenvalue weighted by Gasteiger charge is -2.09. The Morgan fingerprint density at radius 2 is 2.33 bits per heavy atom. The van der Waals surface area contributed by atoms with Crippen molar-refractivity contribution in [3.05, 3.63) is 29.6 Å². The number of halogens is 1. The van der Waals surface area contributed by atoms with Gasteiger partial charge in [-0.05, 0) is 30.2 Å². The van der Waals surface area contributed by atoms with E-state index in [4.69, 9.17) is 10.00 Å². The van der Waals surface area contributed by atoms with Crippen molar-refractivity contribution in [2.24, 2.45) is 0 Å². The minimum atomic E-state index is -0.332. The van der Waals surface area contributed by atoms with Gasteiger partial charge in [-0.3, -0.25) is 4.79 Å². The van der Waals surface area contributed by atoms with Crippen molar-refractivity contribution in [3.8, 4) is 11.8 Å². The monoisotopic (exact) mass is 250 g/mol. The second kappa shape index (κ2) is 7.28. The first-order valence-corrected chi connectivity index (χ1v) is 5.63. The van der Waals surface area contributed by atoms with Crippen LogP contribution >= 0.6 is 0 Å². The second-order valence-corrected chi connectivity index (χ2v) is 3.71. The molecule has 0 bridgehead atoms. The maximum Gasteiger partial charge on any atom is 0.221 e. The van der Waals surface area contributed by atoms with Crippen LogP contribution in [0.3, 0.4) is 0 Å². The Hall–Kier alpha value is -2.09. The van der Waals surface area contributed by atoms with Gasteiger partial charge in [0.15, 0.2) is 0 Å². The minimum absolute atomic E-state index is 0.174. The summed E-state index contributed by atoms with van der Waals surface area (Å²) in [4.78, 5) is 11.2. The summed E-state index contributed by atoms with van der Waals surface area (Å²) in [6.45, 7) is 0.393. The van der Waals surface area contributed by atoms with Crippen molar-refractivity contribution in [2.45, 2.75) is 19.3 Å². The molecule has 0 spiro atoms. The predicted octanol–water partition coefficient (Wildman–Crippen LogP) is 1.80. The van der Waals surface area contributed by atoms with E-state index >= 15 is 0 Å². The van der Waals surface area contributed by atoms with Crippen molar-refractivity contribution < 1.29 is 13.9 Å². The molecule has 0 atom stereocenters. The highest BCUT2D eigenvalue weighted by Gasteiger charge is 2.05. The van der Waals surface area contributed by atoms with E-state index in [1.165, 1.54) is 19.2 Å². The molecule has 0 saturated heterocycles. The van der Waals surface area contributed by atoms with Crippen LogP contribution in [0.25, 0.3) is 0 Å². The highest BCUT2D eigenvalue weighted by atomic mass is 19.1. The average molecular weight is 250 g/mol. The molecule has 96 valence electrons. The number of hydrogen-bond acceptors (Lipinski definition) is 3. The van der Waals surface area contributed by atoms with E-state index in [2.05, 4.69) is 5.32 Å². The zero-order valence-electron chi connectivity index (χ0n) is 10.2. The van der Waals surface area contributed by atoms with Crippen molar-refractivity contribution >= 4 is 5.91 Å². The number of methoxy groups -OCH3 is 1. The Morgan fingerprint density at radius 1 is 1.56 bits per heavy atom. The lowest BCUT2D eigenvalue weighted by molar-refractivity contribution is -0.120. The van der Waals surface area contributed by atoms with Gasteiger partial charge in [-0.1, -0.05) is 0 Å². The fraction of sp³-hybridized carbons (Fsp3) is 0.385. The molecule has 0 aliphatic carbocycles. The molecule has 4 nitrogen and oxygen atoms in total. The van der Waals surface area contributed by atoms with E-state index in [0.717, 1.165) is 0 Å². The van der Waals surface area contributed by atoms with E-state index in [0.29, 0.717) is 24.3 Å². The Balaban J connectivity index is 2.46. The van der Waals surface area contributed by atoms with Gasteiger partial charge in [0.2, 0.25) is 5.91 Å². The predicted molar refractivity (Wildman–Crippen MR) is 64.5 cm³/mol. The van der Waals surface area contributed by atoms with Gasteiger partial charge in [-0.15, -0.1) is 0 Å². The fourth-order valence-corrected chi connectivity index (χ4v) is 1.54. The van der Waals surface area contributed by atoms with Crippen molar-refractivity contribution in [2.75, 3.05) is 13.7 Å². The lowest BCUT2D eigenvalue weighted by Crippen LogP contribution is -2.25. The zero-order valence-corrected chi connectivity index (χ0v) is 10.2. The van der Waals surface area contributed by atoms with Crippen LogP contribution in [0.1, 0.15) is 18.4 Å². The number of benzene rings is 1. The van der Waals surface area contributed by atoms with Gasteiger partial charge in [0.05, 0.1) is 13.2 Å². The molecule has 0 aliphatic heterocycles. The summed E-state index contributed by atoms with van der Waals surface area (Å²) in [5.74, 6) is 0.0937. The van der Waals surface area contributed by atoms with Crippen LogP contribution in [-0.4, -0.2) is 19.6 Å². The quantitative estimate of drug-likeness (QED) is 0.837. The highest BCUT2D eigenvalue weighted by Crippen LogP contribution is 2.19. The van der Waals surface area contributed by atoms with Crippen molar-refractivity contribution in [3.63, 3.8) is 0 Å². The molecule has 0 heterocycles. The first-order chi connectivity index (χ1) is 8.67. The maximum atomic E-state index is 13.1. The van der Waals surface area contributed by atoms with E-state index < -0.39 is 0 Å². The molecule has 0 radical (unpaired) electrons. The van der Waals surface area contributed by atoms with Gasteiger partial charge in [0.1, 0.15) is 11.6 Å². The van der Waals surface area contributed by atoms with Gasteiger partial charge in [0.25, 0.3) is 0 Å². The largest absolute Gasteiger partial charge is 0.496 e. The molecule has 0 aromatic heterocycles. The highest BCUT2D eigenvalue weighted by molar-refractivity contribution is 5.76. The third kappa shape index (κ3) is 4.42. The van der Waals surface area contributed by atoms with Gasteiger partial charge < -0.3 is 10.1 Å². The molecule has 5 heteroatoms. The molecule has 0 saturated carbocycles. The normalized spacial score (nSPS) is 9.61. The number of carbonyl (C=O) groups excluding carboxylic acids is 1. The van der Waals surface area contributed by atoms with Gasteiger partial charge in [0, 0.05) is 19.4 Å². The summed E-state index contributed by atoms with van der Waals surface area (Å²) in [6.07, 6.45) is 0.880. The number of rotatable bonds is 6. The SMILES string of the molecule is COc1ccc(F)cc1CCNC(=O)CCC#N. The number of carbonyl (C=O) groups is 1. The summed E-state index contributed by atoms with van der Waals surface area (Å²) >= 11 is 0. The third-order valence-electron chi connectivity index (χ3n) is 2.42. The summed E-state index contributed by atoms with van der Waals surface area (Å²) in [5.41, 5.74) is 0.707. The number of nitriles is 1. The first-order valence-electron chi connectivity index (χ1n) is 5.63. The van der Waals surface area contributed by atoms with E-state index in [1.54, 1.807) is 6.07 Å². The van der Waals surface area contributed by atoms with Crippen LogP contribution < -0.4 is 10.1 Å². The van der Waals surface area contributed by atoms with Crippen LogP contribution in [0.4, 0.5) is 4.39 Å². The van der Waals surface area contributed by atoms with Crippen LogP contribution in [-0.2, 0) is 11.2 Å². The van der Waals surface area contributed by atoms with Crippen LogP contribution in [0.2, 0.25) is 0 Å². The van der Waals surface area contributed by atoms with E-state index in [-0.39, 0.29) is 24.6 Å². The third-order valence-corrected chi connectivity index (χ3v) is 2.42. The van der Waals surface area contributed by atoms with Crippen molar-refractivity contribution in [1.82, 2.24) is 5.32 Å². The Bertz CT molecular complexity index is 455. The number of ether oxygens (including phenoxy) is 1. The smallest absolute Gasteiger partial charge is 0.221 e. The fourth-order valence-electron chi connectivity index (χ4n) is 1.54. The minimum Gasteiger partial charge on any atom is -0.496 e. The second-order valence-electron chi connectivity index (χ2n) is 3.71. The van der Waals surface area contributed by atoms with Crippen LogP contribution in [0.5, 0.6) is 5.75 Å². The summed E-state index contributed by atoms with van der Waals surface area (Å²) < 4.78 is 18.2. The first kappa shape index (κ1) is 14.0. The number of nitrogens with zero attached hydrogens (tertiary/aromatic N) is 1. The molecule has 18 heavy (non-hydrogen) atoms. The molecular weight excluding hydrogens is 235 g/mol. The Morgan fingerprint density at radius 3 is 3.00 bits per heavy atom. The molecule has 1 N–H and O–H groups in total. The lowest BCUT2D eigenvalue weighted by atomic mass is 10.1. The Labute approximate surface area is 105 Å². The average Bonchev–Trinajstić information content (AvgIpc) is 2.36. The van der Waals surface area contributed by atoms with Gasteiger partial charge in [-0.25, -0.2) is 4.39 Å². The molecule has 1 amide bonds. The van der Waals surface area contributed by atoms with Crippen molar-refractivity contribution in [1.29, 1.82) is 5.26 Å². The van der Waals surface area contributed by atoms with Crippen LogP contribution in [0.15, 0.2) is 18.2 Å². The zero-order chi connectivity index (χ0) is 13.4. The molecule has 1 aromatic rings. The summed E-state index contributed by atoms with van der Waals surface area (Å²) in [7, 11) is 1.52. The Kier molecular flexibility index (Phi) is 5.65. The van der Waals surface area contributed by atoms with E-state index in [9.17, 15) is 9.18 Å². The molecule has 1 rings (SSSR count).